The lowest BCUT2D eigenvalue weighted by Gasteiger charge is -2.13. The minimum Gasteiger partial charge on any atom is -0.386 e. The Morgan fingerprint density at radius 2 is 2.04 bits per heavy atom. The zero-order chi connectivity index (χ0) is 19.4. The van der Waals surface area contributed by atoms with Crippen molar-refractivity contribution in [1.29, 1.82) is 5.41 Å². The summed E-state index contributed by atoms with van der Waals surface area (Å²) in [5.74, 6) is 0.329. The molecule has 0 radical (unpaired) electrons. The lowest BCUT2D eigenvalue weighted by Crippen LogP contribution is -2.06. The number of anilines is 1. The first-order chi connectivity index (χ1) is 12.3. The molecular formula is C22H30N4. The van der Waals surface area contributed by atoms with Gasteiger partial charge in [-0.1, -0.05) is 44.2 Å². The Hall–Kier alpha value is -2.62. The summed E-state index contributed by atoms with van der Waals surface area (Å²) in [7, 11) is 1.89. The molecule has 1 aromatic carbocycles. The van der Waals surface area contributed by atoms with E-state index in [1.807, 2.05) is 14.0 Å². The number of benzene rings is 1. The highest BCUT2D eigenvalue weighted by molar-refractivity contribution is 6.12. The van der Waals surface area contributed by atoms with Crippen molar-refractivity contribution in [3.63, 3.8) is 0 Å². The molecule has 1 aromatic heterocycles. The molecule has 0 bridgehead atoms. The first-order valence-electron chi connectivity index (χ1n) is 9.01. The molecular weight excluding hydrogens is 320 g/mol. The summed E-state index contributed by atoms with van der Waals surface area (Å²) in [6.07, 6.45) is 1.36. The van der Waals surface area contributed by atoms with Crippen molar-refractivity contribution in [2.45, 2.75) is 47.1 Å². The lowest BCUT2D eigenvalue weighted by molar-refractivity contribution is 0.810. The van der Waals surface area contributed by atoms with Gasteiger partial charge in [-0.05, 0) is 37.8 Å². The number of nitrogens with zero attached hydrogens (tertiary/aromatic N) is 1. The van der Waals surface area contributed by atoms with Crippen LogP contribution in [0.4, 0.5) is 5.69 Å². The van der Waals surface area contributed by atoms with Crippen LogP contribution in [-0.4, -0.2) is 24.0 Å². The molecule has 2 rings (SSSR count). The van der Waals surface area contributed by atoms with E-state index in [0.29, 0.717) is 12.5 Å². The maximum absolute atomic E-state index is 7.66. The molecule has 4 heteroatoms. The average molecular weight is 351 g/mol. The van der Waals surface area contributed by atoms with E-state index in [4.69, 9.17) is 10.4 Å². The van der Waals surface area contributed by atoms with E-state index in [1.54, 1.807) is 0 Å². The van der Waals surface area contributed by atoms with Crippen LogP contribution >= 0.6 is 0 Å². The smallest absolute Gasteiger partial charge is 0.0800 e. The molecule has 0 aliphatic carbocycles. The summed E-state index contributed by atoms with van der Waals surface area (Å²) in [5.41, 5.74) is 9.46. The highest BCUT2D eigenvalue weighted by atomic mass is 14.9. The third-order valence-corrected chi connectivity index (χ3v) is 4.57. The second-order valence-corrected chi connectivity index (χ2v) is 7.12. The second kappa shape index (κ2) is 8.17. The van der Waals surface area contributed by atoms with Crippen molar-refractivity contribution in [3.8, 4) is 0 Å². The summed E-state index contributed by atoms with van der Waals surface area (Å²) < 4.78 is 0. The lowest BCUT2D eigenvalue weighted by atomic mass is 9.97. The van der Waals surface area contributed by atoms with E-state index in [0.717, 1.165) is 39.5 Å². The fraction of sp³-hybridized carbons (Fsp3) is 0.364. The SMILES string of the molecule is C=C(C)C(=NCc1c(C(C)C)[nH]c(C=N)c1NC)c1ccc(C)cc1C. The number of hydrogen-bond acceptors (Lipinski definition) is 3. The largest absolute Gasteiger partial charge is 0.386 e. The number of hydrogen-bond donors (Lipinski definition) is 3. The van der Waals surface area contributed by atoms with Crippen LogP contribution in [0.15, 0.2) is 35.3 Å². The summed E-state index contributed by atoms with van der Waals surface area (Å²) in [5, 5.41) is 10.9. The van der Waals surface area contributed by atoms with Gasteiger partial charge in [-0.15, -0.1) is 0 Å². The first-order valence-corrected chi connectivity index (χ1v) is 9.01. The summed E-state index contributed by atoms with van der Waals surface area (Å²) in [6.45, 7) is 15.2. The van der Waals surface area contributed by atoms with Gasteiger partial charge in [-0.25, -0.2) is 0 Å². The van der Waals surface area contributed by atoms with Crippen LogP contribution in [0, 0.1) is 19.3 Å². The van der Waals surface area contributed by atoms with Gasteiger partial charge in [0.2, 0.25) is 0 Å². The second-order valence-electron chi connectivity index (χ2n) is 7.12. The van der Waals surface area contributed by atoms with E-state index < -0.39 is 0 Å². The number of nitrogens with one attached hydrogen (secondary N) is 3. The Kier molecular flexibility index (Phi) is 6.19. The number of aromatic nitrogens is 1. The standard InChI is InChI=1S/C22H30N4/c1-13(2)20(17-9-8-15(5)10-16(17)6)25-12-18-21(14(3)4)26-19(11-23)22(18)24-7/h8-11,14,23-24,26H,1,12H2,2-7H3. The molecule has 0 unspecified atom stereocenters. The van der Waals surface area contributed by atoms with Crippen molar-refractivity contribution < 1.29 is 0 Å². The van der Waals surface area contributed by atoms with Crippen molar-refractivity contribution in [2.75, 3.05) is 12.4 Å². The number of rotatable bonds is 7. The minimum absolute atomic E-state index is 0.329. The van der Waals surface area contributed by atoms with Gasteiger partial charge in [0.05, 0.1) is 23.6 Å². The highest BCUT2D eigenvalue weighted by Gasteiger charge is 2.18. The van der Waals surface area contributed by atoms with E-state index in [2.05, 4.69) is 62.8 Å². The van der Waals surface area contributed by atoms with Crippen molar-refractivity contribution in [3.05, 3.63) is 64.0 Å². The van der Waals surface area contributed by atoms with Gasteiger partial charge in [-0.3, -0.25) is 4.99 Å². The van der Waals surface area contributed by atoms with Crippen LogP contribution in [0.25, 0.3) is 0 Å². The van der Waals surface area contributed by atoms with Gasteiger partial charge in [0.25, 0.3) is 0 Å². The number of aromatic amines is 1. The van der Waals surface area contributed by atoms with Crippen LogP contribution in [0.5, 0.6) is 0 Å². The zero-order valence-corrected chi connectivity index (χ0v) is 16.7. The van der Waals surface area contributed by atoms with Gasteiger partial charge in [0.1, 0.15) is 0 Å². The van der Waals surface area contributed by atoms with E-state index in [-0.39, 0.29) is 0 Å². The van der Waals surface area contributed by atoms with Crippen molar-refractivity contribution in [1.82, 2.24) is 4.98 Å². The summed E-state index contributed by atoms with van der Waals surface area (Å²) >= 11 is 0. The van der Waals surface area contributed by atoms with E-state index >= 15 is 0 Å². The molecule has 26 heavy (non-hydrogen) atoms. The number of aryl methyl sites for hydroxylation is 2. The topological polar surface area (TPSA) is 64.0 Å². The molecule has 0 aliphatic rings. The van der Waals surface area contributed by atoms with Gasteiger partial charge < -0.3 is 15.7 Å². The van der Waals surface area contributed by atoms with Crippen LogP contribution in [0.1, 0.15) is 60.3 Å². The average Bonchev–Trinajstić information content (AvgIpc) is 2.94. The predicted molar refractivity (Wildman–Crippen MR) is 113 cm³/mol. The third kappa shape index (κ3) is 3.96. The summed E-state index contributed by atoms with van der Waals surface area (Å²) in [6, 6.07) is 6.42. The monoisotopic (exact) mass is 350 g/mol. The molecule has 3 N–H and O–H groups in total. The third-order valence-electron chi connectivity index (χ3n) is 4.57. The Balaban J connectivity index is 2.53. The molecule has 0 saturated carbocycles. The van der Waals surface area contributed by atoms with E-state index in [1.165, 1.54) is 17.3 Å². The molecule has 0 saturated heterocycles. The van der Waals surface area contributed by atoms with Crippen LogP contribution in [0.3, 0.4) is 0 Å². The highest BCUT2D eigenvalue weighted by Crippen LogP contribution is 2.30. The molecule has 0 aliphatic heterocycles. The molecule has 4 nitrogen and oxygen atoms in total. The molecule has 0 atom stereocenters. The molecule has 0 fully saturated rings. The van der Waals surface area contributed by atoms with Crippen LogP contribution < -0.4 is 5.32 Å². The van der Waals surface area contributed by atoms with Crippen molar-refractivity contribution >= 4 is 17.6 Å². The van der Waals surface area contributed by atoms with Gasteiger partial charge in [0, 0.05) is 30.1 Å². The number of allylic oxidation sites excluding steroid dienone is 1. The molecule has 0 amide bonds. The Morgan fingerprint density at radius 3 is 2.54 bits per heavy atom. The van der Waals surface area contributed by atoms with Crippen LogP contribution in [-0.2, 0) is 6.54 Å². The Labute approximate surface area is 157 Å². The van der Waals surface area contributed by atoms with Crippen molar-refractivity contribution in [2.24, 2.45) is 4.99 Å². The van der Waals surface area contributed by atoms with Crippen LogP contribution in [0.2, 0.25) is 0 Å². The molecule has 0 spiro atoms. The fourth-order valence-corrected chi connectivity index (χ4v) is 3.32. The number of aliphatic imine (C=N–C) groups is 1. The maximum atomic E-state index is 7.66. The zero-order valence-electron chi connectivity index (χ0n) is 16.7. The molecule has 2 aromatic rings. The Morgan fingerprint density at radius 1 is 1.35 bits per heavy atom. The fourth-order valence-electron chi connectivity index (χ4n) is 3.32. The van der Waals surface area contributed by atoms with Gasteiger partial charge in [-0.2, -0.15) is 0 Å². The maximum Gasteiger partial charge on any atom is 0.0800 e. The number of H-pyrrole nitrogens is 1. The van der Waals surface area contributed by atoms with Gasteiger partial charge >= 0.3 is 0 Å². The summed E-state index contributed by atoms with van der Waals surface area (Å²) in [4.78, 5) is 8.30. The quantitative estimate of drug-likeness (QED) is 0.578. The minimum atomic E-state index is 0.329. The normalized spacial score (nSPS) is 11.7. The first kappa shape index (κ1) is 19.7. The Bertz CT molecular complexity index is 853. The van der Waals surface area contributed by atoms with Gasteiger partial charge in [0.15, 0.2) is 0 Å². The van der Waals surface area contributed by atoms with E-state index in [9.17, 15) is 0 Å². The molecule has 1 heterocycles. The molecule has 138 valence electrons. The predicted octanol–water partition coefficient (Wildman–Crippen LogP) is 5.36.